The lowest BCUT2D eigenvalue weighted by Crippen LogP contribution is -2.23. The van der Waals surface area contributed by atoms with E-state index in [1.165, 1.54) is 70.3 Å². The van der Waals surface area contributed by atoms with Gasteiger partial charge in [-0.15, -0.1) is 6.42 Å². The molecule has 0 aromatic heterocycles. The minimum Gasteiger partial charge on any atom is -0.203 e. The Hall–Kier alpha value is -1.62. The van der Waals surface area contributed by atoms with Gasteiger partial charge in [-0.25, -0.2) is 8.78 Å². The lowest BCUT2D eigenvalue weighted by Gasteiger charge is -2.35. The summed E-state index contributed by atoms with van der Waals surface area (Å²) in [6.45, 7) is 6.16. The standard InChI is InChI=1S/C22H26F2.C7H13/c1-3-15-5-7-17(8-6-15)18-9-11-19(12-10-18)20-14-13-16(4-2)21(23)22(20)24;1-2-7-5-3-4-6-7/h2,11,13-15,17-18H,3,5-10,12H2,1H3;7H,1-6H2. The van der Waals surface area contributed by atoms with E-state index >= 15 is 0 Å². The Kier molecular flexibility index (Phi) is 9.18. The zero-order chi connectivity index (χ0) is 22.2. The first-order chi connectivity index (χ1) is 15.1. The molecule has 0 spiro atoms. The lowest BCUT2D eigenvalue weighted by molar-refractivity contribution is 0.192. The van der Waals surface area contributed by atoms with Crippen molar-refractivity contribution < 1.29 is 8.78 Å². The molecule has 0 saturated heterocycles. The number of rotatable bonds is 4. The van der Waals surface area contributed by atoms with E-state index in [1.807, 2.05) is 0 Å². The highest BCUT2D eigenvalue weighted by Crippen LogP contribution is 2.42. The first kappa shape index (κ1) is 24.0. The number of allylic oxidation sites excluding steroid dienone is 2. The molecule has 2 heteroatoms. The molecular formula is C29H39F2. The number of hydrogen-bond donors (Lipinski definition) is 0. The maximum absolute atomic E-state index is 14.3. The van der Waals surface area contributed by atoms with Crippen LogP contribution < -0.4 is 0 Å². The van der Waals surface area contributed by atoms with Gasteiger partial charge in [-0.1, -0.05) is 83.3 Å². The van der Waals surface area contributed by atoms with Crippen molar-refractivity contribution in [1.29, 1.82) is 0 Å². The van der Waals surface area contributed by atoms with Crippen LogP contribution in [0.4, 0.5) is 8.78 Å². The molecular weight excluding hydrogens is 386 g/mol. The Labute approximate surface area is 188 Å². The third-order valence-corrected chi connectivity index (χ3v) is 8.05. The average molecular weight is 426 g/mol. The minimum atomic E-state index is -0.893. The molecule has 2 saturated carbocycles. The quantitative estimate of drug-likeness (QED) is 0.423. The van der Waals surface area contributed by atoms with Crippen LogP contribution in [0.3, 0.4) is 0 Å². The predicted molar refractivity (Wildman–Crippen MR) is 127 cm³/mol. The van der Waals surface area contributed by atoms with E-state index in [0.717, 1.165) is 42.6 Å². The van der Waals surface area contributed by atoms with Gasteiger partial charge in [0.1, 0.15) is 0 Å². The fourth-order valence-corrected chi connectivity index (χ4v) is 5.80. The summed E-state index contributed by atoms with van der Waals surface area (Å²) in [4.78, 5) is 0. The highest BCUT2D eigenvalue weighted by molar-refractivity contribution is 5.67. The van der Waals surface area contributed by atoms with Crippen LogP contribution in [0.25, 0.3) is 5.57 Å². The van der Waals surface area contributed by atoms with Gasteiger partial charge in [0.2, 0.25) is 0 Å². The van der Waals surface area contributed by atoms with Gasteiger partial charge >= 0.3 is 0 Å². The van der Waals surface area contributed by atoms with Crippen LogP contribution >= 0.6 is 0 Å². The number of hydrogen-bond acceptors (Lipinski definition) is 0. The van der Waals surface area contributed by atoms with Crippen molar-refractivity contribution in [2.45, 2.75) is 90.4 Å². The number of benzene rings is 1. The molecule has 4 rings (SSSR count). The molecule has 3 aliphatic rings. The van der Waals surface area contributed by atoms with Gasteiger partial charge in [0, 0.05) is 5.56 Å². The van der Waals surface area contributed by atoms with Crippen molar-refractivity contribution in [2.75, 3.05) is 0 Å². The zero-order valence-corrected chi connectivity index (χ0v) is 19.3. The van der Waals surface area contributed by atoms with Crippen molar-refractivity contribution in [1.82, 2.24) is 0 Å². The highest BCUT2D eigenvalue weighted by Gasteiger charge is 2.29. The van der Waals surface area contributed by atoms with E-state index in [9.17, 15) is 8.78 Å². The van der Waals surface area contributed by atoms with Gasteiger partial charge < -0.3 is 0 Å². The summed E-state index contributed by atoms with van der Waals surface area (Å²) in [6, 6.07) is 3.14. The maximum atomic E-state index is 14.3. The Balaban J connectivity index is 0.000000330. The lowest BCUT2D eigenvalue weighted by atomic mass is 9.70. The molecule has 1 aromatic rings. The summed E-state index contributed by atoms with van der Waals surface area (Å²) in [5.74, 6) is 3.94. The van der Waals surface area contributed by atoms with Crippen molar-refractivity contribution in [3.05, 3.63) is 47.9 Å². The van der Waals surface area contributed by atoms with Crippen LogP contribution in [0.1, 0.15) is 102 Å². The van der Waals surface area contributed by atoms with Crippen LogP contribution in [0.2, 0.25) is 0 Å². The van der Waals surface area contributed by atoms with Gasteiger partial charge in [0.05, 0.1) is 5.56 Å². The summed E-state index contributed by atoms with van der Waals surface area (Å²) < 4.78 is 28.2. The summed E-state index contributed by atoms with van der Waals surface area (Å²) in [6.07, 6.45) is 23.9. The summed E-state index contributed by atoms with van der Waals surface area (Å²) in [5.41, 5.74) is 1.33. The number of terminal acetylenes is 1. The molecule has 0 bridgehead atoms. The monoisotopic (exact) mass is 425 g/mol. The van der Waals surface area contributed by atoms with Crippen LogP contribution in [0.15, 0.2) is 18.2 Å². The molecule has 169 valence electrons. The third kappa shape index (κ3) is 6.21. The molecule has 0 aliphatic heterocycles. The summed E-state index contributed by atoms with van der Waals surface area (Å²) >= 11 is 0. The fraction of sp³-hybridized carbons (Fsp3) is 0.621. The zero-order valence-electron chi connectivity index (χ0n) is 19.3. The van der Waals surface area contributed by atoms with E-state index in [2.05, 4.69) is 25.8 Å². The first-order valence-electron chi connectivity index (χ1n) is 12.5. The molecule has 1 unspecified atom stereocenters. The molecule has 1 atom stereocenters. The van der Waals surface area contributed by atoms with Gasteiger partial charge in [-0.05, 0) is 67.4 Å². The molecule has 2 fully saturated rings. The number of halogens is 2. The Morgan fingerprint density at radius 3 is 2.16 bits per heavy atom. The van der Waals surface area contributed by atoms with Gasteiger partial charge in [-0.2, -0.15) is 0 Å². The third-order valence-electron chi connectivity index (χ3n) is 8.05. The SMILES string of the molecule is C#Cc1ccc(C2=CCC(C3CCC(CC)CC3)CC2)c(F)c1F.[CH2]CC1CCCC1. The second-order valence-electron chi connectivity index (χ2n) is 9.83. The summed E-state index contributed by atoms with van der Waals surface area (Å²) in [7, 11) is 0. The largest absolute Gasteiger partial charge is 0.203 e. The predicted octanol–water partition coefficient (Wildman–Crippen LogP) is 8.75. The van der Waals surface area contributed by atoms with Crippen LogP contribution in [-0.4, -0.2) is 0 Å². The Morgan fingerprint density at radius 2 is 1.65 bits per heavy atom. The molecule has 31 heavy (non-hydrogen) atoms. The van der Waals surface area contributed by atoms with Crippen molar-refractivity contribution >= 4 is 5.57 Å². The van der Waals surface area contributed by atoms with E-state index in [1.54, 1.807) is 6.07 Å². The smallest absolute Gasteiger partial charge is 0.175 e. The van der Waals surface area contributed by atoms with E-state index in [4.69, 9.17) is 6.42 Å². The molecule has 1 aromatic carbocycles. The summed E-state index contributed by atoms with van der Waals surface area (Å²) in [5, 5.41) is 0. The Morgan fingerprint density at radius 1 is 0.935 bits per heavy atom. The van der Waals surface area contributed by atoms with E-state index in [0.29, 0.717) is 11.5 Å². The van der Waals surface area contributed by atoms with Gasteiger partial charge in [0.25, 0.3) is 0 Å². The molecule has 0 N–H and O–H groups in total. The molecule has 3 aliphatic carbocycles. The normalized spacial score (nSPS) is 26.5. The van der Waals surface area contributed by atoms with Gasteiger partial charge in [-0.3, -0.25) is 0 Å². The molecule has 0 nitrogen and oxygen atoms in total. The van der Waals surface area contributed by atoms with Gasteiger partial charge in [0.15, 0.2) is 11.6 Å². The van der Waals surface area contributed by atoms with E-state index in [-0.39, 0.29) is 5.56 Å². The fourth-order valence-electron chi connectivity index (χ4n) is 5.80. The Bertz CT molecular complexity index is 771. The highest BCUT2D eigenvalue weighted by atomic mass is 19.2. The van der Waals surface area contributed by atoms with Crippen LogP contribution in [0, 0.1) is 54.6 Å². The van der Waals surface area contributed by atoms with Crippen molar-refractivity contribution in [2.24, 2.45) is 23.7 Å². The molecule has 1 radical (unpaired) electrons. The van der Waals surface area contributed by atoms with Crippen LogP contribution in [0.5, 0.6) is 0 Å². The average Bonchev–Trinajstić information content (AvgIpc) is 3.36. The second kappa shape index (κ2) is 11.8. The molecule has 0 heterocycles. The van der Waals surface area contributed by atoms with Crippen LogP contribution in [-0.2, 0) is 0 Å². The minimum absolute atomic E-state index is 0.00165. The van der Waals surface area contributed by atoms with Crippen molar-refractivity contribution in [3.63, 3.8) is 0 Å². The van der Waals surface area contributed by atoms with Crippen molar-refractivity contribution in [3.8, 4) is 12.3 Å². The molecule has 0 amide bonds. The van der Waals surface area contributed by atoms with E-state index < -0.39 is 11.6 Å². The maximum Gasteiger partial charge on any atom is 0.175 e. The topological polar surface area (TPSA) is 0 Å². The second-order valence-corrected chi connectivity index (χ2v) is 9.83. The first-order valence-corrected chi connectivity index (χ1v) is 12.5.